The minimum absolute atomic E-state index is 0.0334. The molecular formula is C17H24N4O2S. The Morgan fingerprint density at radius 2 is 2.04 bits per heavy atom. The van der Waals surface area contributed by atoms with Gasteiger partial charge in [0, 0.05) is 44.6 Å². The summed E-state index contributed by atoms with van der Waals surface area (Å²) >= 11 is 0. The Bertz CT molecular complexity index is 773. The molecule has 1 unspecified atom stereocenters. The Kier molecular flexibility index (Phi) is 4.91. The van der Waals surface area contributed by atoms with Crippen LogP contribution >= 0.6 is 0 Å². The molecule has 1 aromatic heterocycles. The van der Waals surface area contributed by atoms with E-state index in [1.807, 2.05) is 25.1 Å². The van der Waals surface area contributed by atoms with E-state index >= 15 is 0 Å². The van der Waals surface area contributed by atoms with Gasteiger partial charge in [-0.25, -0.2) is 8.42 Å². The predicted molar refractivity (Wildman–Crippen MR) is 94.5 cm³/mol. The van der Waals surface area contributed by atoms with E-state index in [0.717, 1.165) is 25.1 Å². The van der Waals surface area contributed by atoms with E-state index in [1.165, 1.54) is 10.5 Å². The fraction of sp³-hybridized carbons (Fsp3) is 0.471. The Morgan fingerprint density at radius 3 is 2.71 bits per heavy atom. The summed E-state index contributed by atoms with van der Waals surface area (Å²) in [5, 5.41) is 4.09. The van der Waals surface area contributed by atoms with E-state index in [0.29, 0.717) is 13.1 Å². The Morgan fingerprint density at radius 1 is 1.29 bits per heavy atom. The van der Waals surface area contributed by atoms with Crippen molar-refractivity contribution in [3.63, 3.8) is 0 Å². The quantitative estimate of drug-likeness (QED) is 0.831. The Hall–Kier alpha value is -1.86. The van der Waals surface area contributed by atoms with Crippen molar-refractivity contribution >= 4 is 15.7 Å². The van der Waals surface area contributed by atoms with Gasteiger partial charge in [0.2, 0.25) is 10.0 Å². The second-order valence-corrected chi connectivity index (χ2v) is 8.13. The molecule has 1 aromatic carbocycles. The van der Waals surface area contributed by atoms with Crippen molar-refractivity contribution < 1.29 is 8.42 Å². The molecule has 7 heteroatoms. The number of piperidine rings is 1. The van der Waals surface area contributed by atoms with Crippen LogP contribution in [0.2, 0.25) is 0 Å². The zero-order valence-electron chi connectivity index (χ0n) is 14.2. The number of likely N-dealkylation sites (N-methyl/N-ethyl adjacent to an activating group) is 1. The van der Waals surface area contributed by atoms with Crippen LogP contribution in [0, 0.1) is 0 Å². The van der Waals surface area contributed by atoms with Crippen molar-refractivity contribution in [1.29, 1.82) is 0 Å². The largest absolute Gasteiger partial charge is 0.370 e. The van der Waals surface area contributed by atoms with Crippen molar-refractivity contribution in [2.75, 3.05) is 25.0 Å². The molecule has 130 valence electrons. The van der Waals surface area contributed by atoms with E-state index in [-0.39, 0.29) is 10.9 Å². The molecule has 0 aliphatic carbocycles. The number of hydrogen-bond acceptors (Lipinski definition) is 4. The van der Waals surface area contributed by atoms with Gasteiger partial charge in [-0.3, -0.25) is 4.68 Å². The van der Waals surface area contributed by atoms with E-state index < -0.39 is 10.0 Å². The first-order chi connectivity index (χ1) is 11.5. The molecule has 2 aromatic rings. The van der Waals surface area contributed by atoms with Crippen molar-refractivity contribution in [2.24, 2.45) is 0 Å². The number of aromatic nitrogens is 2. The summed E-state index contributed by atoms with van der Waals surface area (Å²) in [6.07, 6.45) is 4.89. The maximum atomic E-state index is 12.9. The van der Waals surface area contributed by atoms with Gasteiger partial charge in [0.05, 0.1) is 6.20 Å². The second kappa shape index (κ2) is 6.94. The van der Waals surface area contributed by atoms with E-state index in [4.69, 9.17) is 0 Å². The standard InChI is InChI=1S/C17H24N4O2S/c1-3-21-14-17(12-18-21)24(22,23)19(2)16-10-7-11-20(13-16)15-8-5-4-6-9-15/h4-6,8-9,12,14,16H,3,7,10-11,13H2,1-2H3. The number of para-hydroxylation sites is 1. The molecular weight excluding hydrogens is 324 g/mol. The van der Waals surface area contributed by atoms with Crippen LogP contribution in [0.4, 0.5) is 5.69 Å². The number of nitrogens with zero attached hydrogens (tertiary/aromatic N) is 4. The van der Waals surface area contributed by atoms with Crippen LogP contribution in [-0.4, -0.2) is 48.7 Å². The van der Waals surface area contributed by atoms with Crippen molar-refractivity contribution in [3.05, 3.63) is 42.7 Å². The lowest BCUT2D eigenvalue weighted by Crippen LogP contribution is -2.48. The van der Waals surface area contributed by atoms with Crippen molar-refractivity contribution in [1.82, 2.24) is 14.1 Å². The van der Waals surface area contributed by atoms with Crippen molar-refractivity contribution in [3.8, 4) is 0 Å². The fourth-order valence-electron chi connectivity index (χ4n) is 3.14. The average Bonchev–Trinajstić information content (AvgIpc) is 3.12. The third-order valence-electron chi connectivity index (χ3n) is 4.64. The number of hydrogen-bond donors (Lipinski definition) is 0. The highest BCUT2D eigenvalue weighted by Gasteiger charge is 2.32. The third kappa shape index (κ3) is 3.32. The molecule has 0 amide bonds. The maximum absolute atomic E-state index is 12.9. The highest BCUT2D eigenvalue weighted by molar-refractivity contribution is 7.89. The first-order valence-corrected chi connectivity index (χ1v) is 9.77. The molecule has 1 aliphatic heterocycles. The molecule has 3 rings (SSSR count). The van der Waals surface area contributed by atoms with Gasteiger partial charge in [-0.05, 0) is 31.9 Å². The van der Waals surface area contributed by atoms with Crippen molar-refractivity contribution in [2.45, 2.75) is 37.2 Å². The summed E-state index contributed by atoms with van der Waals surface area (Å²) in [6, 6.07) is 10.1. The van der Waals surface area contributed by atoms with Gasteiger partial charge in [0.15, 0.2) is 0 Å². The summed E-state index contributed by atoms with van der Waals surface area (Å²) in [6.45, 7) is 4.26. The lowest BCUT2D eigenvalue weighted by Gasteiger charge is -2.38. The van der Waals surface area contributed by atoms with Gasteiger partial charge < -0.3 is 4.90 Å². The first-order valence-electron chi connectivity index (χ1n) is 8.33. The van der Waals surface area contributed by atoms with Crippen LogP contribution < -0.4 is 4.90 Å². The maximum Gasteiger partial charge on any atom is 0.246 e. The van der Waals surface area contributed by atoms with Crippen LogP contribution in [0.5, 0.6) is 0 Å². The molecule has 1 aliphatic rings. The number of anilines is 1. The van der Waals surface area contributed by atoms with Gasteiger partial charge in [0.25, 0.3) is 0 Å². The molecule has 1 atom stereocenters. The minimum atomic E-state index is -3.51. The number of aryl methyl sites for hydroxylation is 1. The molecule has 6 nitrogen and oxygen atoms in total. The van der Waals surface area contributed by atoms with E-state index in [9.17, 15) is 8.42 Å². The molecule has 0 spiro atoms. The van der Waals surface area contributed by atoms with E-state index in [1.54, 1.807) is 17.9 Å². The van der Waals surface area contributed by atoms with Crippen LogP contribution in [-0.2, 0) is 16.6 Å². The monoisotopic (exact) mass is 348 g/mol. The summed E-state index contributed by atoms with van der Waals surface area (Å²) in [4.78, 5) is 2.53. The number of rotatable bonds is 5. The fourth-order valence-corrected chi connectivity index (χ4v) is 4.47. The molecule has 0 N–H and O–H groups in total. The summed E-state index contributed by atoms with van der Waals surface area (Å²) < 4.78 is 28.9. The third-order valence-corrected chi connectivity index (χ3v) is 6.51. The highest BCUT2D eigenvalue weighted by Crippen LogP contribution is 2.25. The second-order valence-electron chi connectivity index (χ2n) is 6.13. The van der Waals surface area contributed by atoms with Crippen LogP contribution in [0.25, 0.3) is 0 Å². The van der Waals surface area contributed by atoms with Gasteiger partial charge in [-0.2, -0.15) is 9.40 Å². The topological polar surface area (TPSA) is 58.4 Å². The molecule has 1 saturated heterocycles. The van der Waals surface area contributed by atoms with Crippen LogP contribution in [0.15, 0.2) is 47.6 Å². The number of benzene rings is 1. The van der Waals surface area contributed by atoms with Gasteiger partial charge >= 0.3 is 0 Å². The molecule has 1 fully saturated rings. The molecule has 2 heterocycles. The first kappa shape index (κ1) is 17.0. The number of sulfonamides is 1. The Labute approximate surface area is 143 Å². The highest BCUT2D eigenvalue weighted by atomic mass is 32.2. The molecule has 24 heavy (non-hydrogen) atoms. The van der Waals surface area contributed by atoms with Crippen LogP contribution in [0.1, 0.15) is 19.8 Å². The summed E-state index contributed by atoms with van der Waals surface area (Å²) in [5.41, 5.74) is 1.15. The predicted octanol–water partition coefficient (Wildman–Crippen LogP) is 2.19. The van der Waals surface area contributed by atoms with E-state index in [2.05, 4.69) is 22.1 Å². The lowest BCUT2D eigenvalue weighted by atomic mass is 10.1. The van der Waals surface area contributed by atoms with Gasteiger partial charge in [-0.1, -0.05) is 18.2 Å². The summed E-state index contributed by atoms with van der Waals surface area (Å²) in [7, 11) is -1.83. The minimum Gasteiger partial charge on any atom is -0.370 e. The molecule has 0 bridgehead atoms. The molecule has 0 saturated carbocycles. The smallest absolute Gasteiger partial charge is 0.246 e. The normalized spacial score (nSPS) is 19.0. The zero-order chi connectivity index (χ0) is 17.2. The van der Waals surface area contributed by atoms with Gasteiger partial charge in [0.1, 0.15) is 4.90 Å². The Balaban J connectivity index is 1.77. The zero-order valence-corrected chi connectivity index (χ0v) is 15.0. The van der Waals surface area contributed by atoms with Gasteiger partial charge in [-0.15, -0.1) is 0 Å². The molecule has 0 radical (unpaired) electrons. The summed E-state index contributed by atoms with van der Waals surface area (Å²) in [5.74, 6) is 0. The van der Waals surface area contributed by atoms with Crippen LogP contribution in [0.3, 0.4) is 0 Å². The lowest BCUT2D eigenvalue weighted by molar-refractivity contribution is 0.320. The SMILES string of the molecule is CCn1cc(S(=O)(=O)N(C)C2CCCN(c3ccccc3)C2)cn1. The average molecular weight is 348 g/mol.